The van der Waals surface area contributed by atoms with E-state index in [2.05, 4.69) is 9.97 Å². The predicted octanol–water partition coefficient (Wildman–Crippen LogP) is 4.60. The molecule has 0 saturated carbocycles. The van der Waals surface area contributed by atoms with Crippen LogP contribution in [0.15, 0.2) is 48.7 Å². The first-order valence-corrected chi connectivity index (χ1v) is 6.17. The third-order valence-electron chi connectivity index (χ3n) is 2.65. The number of rotatable bonds is 1. The number of halogens is 2. The number of aromatic nitrogens is 2. The van der Waals surface area contributed by atoms with E-state index in [0.717, 1.165) is 22.3 Å². The summed E-state index contributed by atoms with van der Waals surface area (Å²) >= 11 is 12.1. The van der Waals surface area contributed by atoms with Gasteiger partial charge in [-0.25, -0.2) is 4.98 Å². The maximum Gasteiger partial charge on any atom is 0.0908 e. The van der Waals surface area contributed by atoms with Crippen LogP contribution in [0.3, 0.4) is 0 Å². The van der Waals surface area contributed by atoms with Crippen LogP contribution in [0.5, 0.6) is 0 Å². The number of nitrogens with zero attached hydrogens (tertiary/aromatic N) is 2. The summed E-state index contributed by atoms with van der Waals surface area (Å²) < 4.78 is 0. The quantitative estimate of drug-likeness (QED) is 0.648. The van der Waals surface area contributed by atoms with Crippen molar-refractivity contribution in [3.8, 4) is 11.3 Å². The van der Waals surface area contributed by atoms with Gasteiger partial charge in [0.15, 0.2) is 0 Å². The smallest absolute Gasteiger partial charge is 0.0908 e. The molecule has 2 aromatic carbocycles. The van der Waals surface area contributed by atoms with Crippen LogP contribution >= 0.6 is 23.2 Å². The van der Waals surface area contributed by atoms with Gasteiger partial charge in [-0.1, -0.05) is 35.3 Å². The summed E-state index contributed by atoms with van der Waals surface area (Å²) in [7, 11) is 0. The van der Waals surface area contributed by atoms with Crippen LogP contribution in [-0.4, -0.2) is 9.97 Å². The molecule has 1 aromatic heterocycles. The molecule has 0 unspecified atom stereocenters. The average molecular weight is 275 g/mol. The van der Waals surface area contributed by atoms with Gasteiger partial charge in [-0.3, -0.25) is 4.98 Å². The van der Waals surface area contributed by atoms with Crippen molar-refractivity contribution in [2.45, 2.75) is 0 Å². The van der Waals surface area contributed by atoms with E-state index >= 15 is 0 Å². The van der Waals surface area contributed by atoms with Crippen LogP contribution in [0.1, 0.15) is 0 Å². The molecule has 88 valence electrons. The molecule has 0 aliphatic carbocycles. The molecule has 0 fully saturated rings. The highest BCUT2D eigenvalue weighted by Gasteiger charge is 2.07. The van der Waals surface area contributed by atoms with Crippen molar-refractivity contribution in [2.24, 2.45) is 0 Å². The summed E-state index contributed by atoms with van der Waals surface area (Å²) in [6.45, 7) is 0. The molecule has 1 heterocycles. The van der Waals surface area contributed by atoms with Crippen LogP contribution in [0.4, 0.5) is 0 Å². The van der Waals surface area contributed by atoms with Crippen molar-refractivity contribution < 1.29 is 0 Å². The molecule has 4 heteroatoms. The molecule has 0 bridgehead atoms. The third kappa shape index (κ3) is 2.05. The van der Waals surface area contributed by atoms with Crippen LogP contribution in [0.25, 0.3) is 22.3 Å². The molecule has 18 heavy (non-hydrogen) atoms. The van der Waals surface area contributed by atoms with Gasteiger partial charge in [-0.05, 0) is 30.3 Å². The summed E-state index contributed by atoms with van der Waals surface area (Å²) in [6.07, 6.45) is 1.71. The van der Waals surface area contributed by atoms with Gasteiger partial charge in [-0.15, -0.1) is 0 Å². The van der Waals surface area contributed by atoms with Gasteiger partial charge in [0, 0.05) is 10.6 Å². The Morgan fingerprint density at radius 3 is 2.50 bits per heavy atom. The molecular weight excluding hydrogens is 267 g/mol. The van der Waals surface area contributed by atoms with Gasteiger partial charge in [0.25, 0.3) is 0 Å². The largest absolute Gasteiger partial charge is 0.252 e. The molecule has 0 N–H and O–H groups in total. The first-order chi connectivity index (χ1) is 8.74. The van der Waals surface area contributed by atoms with Gasteiger partial charge >= 0.3 is 0 Å². The molecule has 0 atom stereocenters. The third-order valence-corrected chi connectivity index (χ3v) is 3.22. The van der Waals surface area contributed by atoms with Crippen molar-refractivity contribution in [3.63, 3.8) is 0 Å². The molecule has 3 aromatic rings. The van der Waals surface area contributed by atoms with Gasteiger partial charge in [-0.2, -0.15) is 0 Å². The van der Waals surface area contributed by atoms with E-state index in [4.69, 9.17) is 23.2 Å². The van der Waals surface area contributed by atoms with Crippen molar-refractivity contribution in [1.82, 2.24) is 9.97 Å². The zero-order chi connectivity index (χ0) is 12.5. The molecule has 3 rings (SSSR count). The Labute approximate surface area is 114 Å². The fraction of sp³-hybridized carbons (Fsp3) is 0. The number of fused-ring (bicyclic) bond motifs is 1. The minimum atomic E-state index is 0.615. The molecule has 0 aliphatic heterocycles. The van der Waals surface area contributed by atoms with E-state index in [9.17, 15) is 0 Å². The fourth-order valence-corrected chi connectivity index (χ4v) is 2.17. The highest BCUT2D eigenvalue weighted by molar-refractivity contribution is 6.35. The van der Waals surface area contributed by atoms with Crippen LogP contribution in [-0.2, 0) is 0 Å². The minimum Gasteiger partial charge on any atom is -0.252 e. The minimum absolute atomic E-state index is 0.615. The SMILES string of the molecule is Clc1ccc(Cl)c(-c2cnc3ccccc3n2)c1. The molecule has 0 amide bonds. The molecule has 0 radical (unpaired) electrons. The summed E-state index contributed by atoms with van der Waals surface area (Å²) in [5.41, 5.74) is 3.22. The topological polar surface area (TPSA) is 25.8 Å². The molecular formula is C14H8Cl2N2. The second-order valence-electron chi connectivity index (χ2n) is 3.87. The maximum absolute atomic E-state index is 6.16. The maximum atomic E-state index is 6.16. The van der Waals surface area contributed by atoms with Gasteiger partial charge in [0.1, 0.15) is 0 Å². The zero-order valence-electron chi connectivity index (χ0n) is 9.27. The Morgan fingerprint density at radius 1 is 0.889 bits per heavy atom. The van der Waals surface area contributed by atoms with Gasteiger partial charge in [0.05, 0.1) is 27.9 Å². The van der Waals surface area contributed by atoms with Crippen LogP contribution in [0.2, 0.25) is 10.0 Å². The standard InChI is InChI=1S/C14H8Cl2N2/c15-9-5-6-11(16)10(7-9)14-8-17-12-3-1-2-4-13(12)18-14/h1-8H. The lowest BCUT2D eigenvalue weighted by atomic mass is 10.1. The number of hydrogen-bond donors (Lipinski definition) is 0. The van der Waals surface area contributed by atoms with E-state index in [0.29, 0.717) is 10.0 Å². The lowest BCUT2D eigenvalue weighted by Crippen LogP contribution is -1.89. The first-order valence-electron chi connectivity index (χ1n) is 5.41. The Kier molecular flexibility index (Phi) is 2.90. The summed E-state index contributed by atoms with van der Waals surface area (Å²) in [5, 5.41) is 1.24. The second kappa shape index (κ2) is 4.56. The fourth-order valence-electron chi connectivity index (χ4n) is 1.78. The van der Waals surface area contributed by atoms with E-state index in [1.807, 2.05) is 24.3 Å². The van der Waals surface area contributed by atoms with E-state index in [1.54, 1.807) is 24.4 Å². The van der Waals surface area contributed by atoms with Crippen molar-refractivity contribution in [3.05, 3.63) is 58.7 Å². The van der Waals surface area contributed by atoms with Crippen molar-refractivity contribution in [1.29, 1.82) is 0 Å². The summed E-state index contributed by atoms with van der Waals surface area (Å²) in [5.74, 6) is 0. The van der Waals surface area contributed by atoms with Crippen LogP contribution in [0, 0.1) is 0 Å². The number of para-hydroxylation sites is 2. The Balaban J connectivity index is 2.22. The highest BCUT2D eigenvalue weighted by Crippen LogP contribution is 2.29. The van der Waals surface area contributed by atoms with Crippen LogP contribution < -0.4 is 0 Å². The molecule has 2 nitrogen and oxygen atoms in total. The molecule has 0 spiro atoms. The predicted molar refractivity (Wildman–Crippen MR) is 75.0 cm³/mol. The molecule has 0 saturated heterocycles. The van der Waals surface area contributed by atoms with E-state index < -0.39 is 0 Å². The molecule has 0 aliphatic rings. The van der Waals surface area contributed by atoms with E-state index in [-0.39, 0.29) is 0 Å². The Hall–Kier alpha value is -1.64. The lowest BCUT2D eigenvalue weighted by Gasteiger charge is -2.05. The van der Waals surface area contributed by atoms with Crippen molar-refractivity contribution in [2.75, 3.05) is 0 Å². The van der Waals surface area contributed by atoms with Crippen molar-refractivity contribution >= 4 is 34.2 Å². The monoisotopic (exact) mass is 274 g/mol. The normalized spacial score (nSPS) is 10.8. The summed E-state index contributed by atoms with van der Waals surface area (Å²) in [6, 6.07) is 13.0. The highest BCUT2D eigenvalue weighted by atomic mass is 35.5. The zero-order valence-corrected chi connectivity index (χ0v) is 10.8. The number of benzene rings is 2. The average Bonchev–Trinajstić information content (AvgIpc) is 2.41. The Bertz CT molecular complexity index is 726. The summed E-state index contributed by atoms with van der Waals surface area (Å²) in [4.78, 5) is 8.91. The van der Waals surface area contributed by atoms with E-state index in [1.165, 1.54) is 0 Å². The lowest BCUT2D eigenvalue weighted by molar-refractivity contribution is 1.29. The number of hydrogen-bond acceptors (Lipinski definition) is 2. The van der Waals surface area contributed by atoms with Gasteiger partial charge in [0.2, 0.25) is 0 Å². The second-order valence-corrected chi connectivity index (χ2v) is 4.71. The first kappa shape index (κ1) is 11.5. The Morgan fingerprint density at radius 2 is 1.67 bits per heavy atom. The van der Waals surface area contributed by atoms with Gasteiger partial charge < -0.3 is 0 Å².